The van der Waals surface area contributed by atoms with Gasteiger partial charge in [0.15, 0.2) is 0 Å². The molecule has 0 aromatic carbocycles. The van der Waals surface area contributed by atoms with Crippen LogP contribution in [0.4, 0.5) is 11.9 Å². The van der Waals surface area contributed by atoms with Crippen molar-refractivity contribution in [3.63, 3.8) is 0 Å². The third-order valence-electron chi connectivity index (χ3n) is 1.91. The molecule has 3 N–H and O–H groups in total. The molecule has 2 aromatic rings. The maximum Gasteiger partial charge on any atom is 0.253 e. The second-order valence-electron chi connectivity index (χ2n) is 3.18. The van der Waals surface area contributed by atoms with Crippen molar-refractivity contribution in [1.29, 1.82) is 0 Å². The minimum absolute atomic E-state index is 0.268. The van der Waals surface area contributed by atoms with E-state index in [0.717, 1.165) is 13.0 Å². The maximum absolute atomic E-state index is 5.71. The summed E-state index contributed by atoms with van der Waals surface area (Å²) in [5.74, 6) is 1.17. The highest BCUT2D eigenvalue weighted by Crippen LogP contribution is 2.08. The molecule has 0 aliphatic rings. The minimum atomic E-state index is 0.268. The molecular weight excluding hydrogens is 206 g/mol. The van der Waals surface area contributed by atoms with E-state index in [-0.39, 0.29) is 5.95 Å². The van der Waals surface area contributed by atoms with Crippen molar-refractivity contribution in [1.82, 2.24) is 24.7 Å². The molecule has 0 atom stereocenters. The number of nitrogens with one attached hydrogen (secondary N) is 1. The summed E-state index contributed by atoms with van der Waals surface area (Å²) >= 11 is 0. The fourth-order valence-corrected chi connectivity index (χ4v) is 1.18. The molecule has 7 nitrogen and oxygen atoms in total. The SMILES string of the molecule is CCCNc1nc(N)n(-c2ncccn2)n1. The normalized spacial score (nSPS) is 10.3. The van der Waals surface area contributed by atoms with Crippen molar-refractivity contribution < 1.29 is 0 Å². The van der Waals surface area contributed by atoms with E-state index in [1.165, 1.54) is 4.68 Å². The average Bonchev–Trinajstić information content (AvgIpc) is 2.69. The van der Waals surface area contributed by atoms with Gasteiger partial charge in [0.1, 0.15) is 0 Å². The summed E-state index contributed by atoms with van der Waals surface area (Å²) in [6, 6.07) is 1.73. The molecule has 84 valence electrons. The Hall–Kier alpha value is -2.18. The van der Waals surface area contributed by atoms with Gasteiger partial charge in [-0.3, -0.25) is 0 Å². The van der Waals surface area contributed by atoms with Gasteiger partial charge in [-0.05, 0) is 12.5 Å². The molecule has 0 spiro atoms. The Morgan fingerprint density at radius 2 is 2.12 bits per heavy atom. The molecule has 2 aromatic heterocycles. The number of anilines is 2. The first-order chi connectivity index (χ1) is 7.81. The monoisotopic (exact) mass is 219 g/mol. The van der Waals surface area contributed by atoms with E-state index in [4.69, 9.17) is 5.73 Å². The minimum Gasteiger partial charge on any atom is -0.368 e. The summed E-state index contributed by atoms with van der Waals surface area (Å²) in [5, 5.41) is 7.21. The number of aromatic nitrogens is 5. The lowest BCUT2D eigenvalue weighted by atomic mass is 10.5. The van der Waals surface area contributed by atoms with E-state index in [1.54, 1.807) is 18.5 Å². The van der Waals surface area contributed by atoms with Gasteiger partial charge in [0, 0.05) is 18.9 Å². The van der Waals surface area contributed by atoms with Crippen LogP contribution in [0.1, 0.15) is 13.3 Å². The quantitative estimate of drug-likeness (QED) is 0.775. The molecule has 0 aliphatic carbocycles. The van der Waals surface area contributed by atoms with Crippen molar-refractivity contribution in [2.45, 2.75) is 13.3 Å². The molecule has 0 amide bonds. The molecule has 0 unspecified atom stereocenters. The van der Waals surface area contributed by atoms with Gasteiger partial charge in [-0.15, -0.1) is 5.10 Å². The third-order valence-corrected chi connectivity index (χ3v) is 1.91. The average molecular weight is 219 g/mol. The van der Waals surface area contributed by atoms with Crippen LogP contribution in [0.15, 0.2) is 18.5 Å². The summed E-state index contributed by atoms with van der Waals surface area (Å²) in [5.41, 5.74) is 5.71. The summed E-state index contributed by atoms with van der Waals surface area (Å²) in [6.45, 7) is 2.87. The topological polar surface area (TPSA) is 94.5 Å². The number of nitrogens with zero attached hydrogens (tertiary/aromatic N) is 5. The smallest absolute Gasteiger partial charge is 0.253 e. The second kappa shape index (κ2) is 4.56. The van der Waals surface area contributed by atoms with Gasteiger partial charge in [0.25, 0.3) is 5.95 Å². The van der Waals surface area contributed by atoms with Crippen LogP contribution in [-0.4, -0.2) is 31.3 Å². The summed E-state index contributed by atoms with van der Waals surface area (Å²) in [7, 11) is 0. The predicted molar refractivity (Wildman–Crippen MR) is 60.1 cm³/mol. The number of hydrogen-bond acceptors (Lipinski definition) is 6. The van der Waals surface area contributed by atoms with E-state index < -0.39 is 0 Å². The second-order valence-corrected chi connectivity index (χ2v) is 3.18. The first kappa shape index (κ1) is 10.3. The van der Waals surface area contributed by atoms with E-state index in [1.807, 2.05) is 0 Å². The Kier molecular flexibility index (Phi) is 2.95. The Morgan fingerprint density at radius 3 is 2.81 bits per heavy atom. The molecule has 16 heavy (non-hydrogen) atoms. The van der Waals surface area contributed by atoms with Gasteiger partial charge in [-0.1, -0.05) is 6.92 Å². The standard InChI is InChI=1S/C9H13N7/c1-2-4-11-8-14-7(10)16(15-8)9-12-5-3-6-13-9/h3,5-6H,2,4H2,1H3,(H3,10,11,14,15). The van der Waals surface area contributed by atoms with Crippen molar-refractivity contribution in [3.8, 4) is 5.95 Å². The number of hydrogen-bond donors (Lipinski definition) is 2. The van der Waals surface area contributed by atoms with E-state index >= 15 is 0 Å². The highest BCUT2D eigenvalue weighted by molar-refractivity contribution is 5.35. The predicted octanol–water partition coefficient (Wildman–Crippen LogP) is 0.461. The Balaban J connectivity index is 2.25. The van der Waals surface area contributed by atoms with Crippen LogP contribution in [-0.2, 0) is 0 Å². The Morgan fingerprint density at radius 1 is 1.38 bits per heavy atom. The fourth-order valence-electron chi connectivity index (χ4n) is 1.18. The maximum atomic E-state index is 5.71. The zero-order valence-electron chi connectivity index (χ0n) is 8.96. The van der Waals surface area contributed by atoms with Gasteiger partial charge in [0.2, 0.25) is 11.9 Å². The molecule has 0 saturated heterocycles. The molecule has 2 heterocycles. The summed E-state index contributed by atoms with van der Waals surface area (Å²) in [6.07, 6.45) is 4.25. The van der Waals surface area contributed by atoms with Gasteiger partial charge in [0.05, 0.1) is 0 Å². The van der Waals surface area contributed by atoms with E-state index in [9.17, 15) is 0 Å². The van der Waals surface area contributed by atoms with Crippen LogP contribution >= 0.6 is 0 Å². The molecule has 0 radical (unpaired) electrons. The van der Waals surface area contributed by atoms with Gasteiger partial charge in [-0.2, -0.15) is 9.67 Å². The van der Waals surface area contributed by atoms with Gasteiger partial charge < -0.3 is 11.1 Å². The van der Waals surface area contributed by atoms with E-state index in [2.05, 4.69) is 32.3 Å². The lowest BCUT2D eigenvalue weighted by molar-refractivity contribution is 0.814. The Bertz CT molecular complexity index is 450. The summed E-state index contributed by atoms with van der Waals surface area (Å²) < 4.78 is 1.40. The van der Waals surface area contributed by atoms with Crippen LogP contribution < -0.4 is 11.1 Å². The molecule has 0 saturated carbocycles. The van der Waals surface area contributed by atoms with Crippen LogP contribution in [0.5, 0.6) is 0 Å². The van der Waals surface area contributed by atoms with Crippen LogP contribution in [0.3, 0.4) is 0 Å². The van der Waals surface area contributed by atoms with Gasteiger partial charge >= 0.3 is 0 Å². The first-order valence-electron chi connectivity index (χ1n) is 5.05. The number of nitrogen functional groups attached to an aromatic ring is 1. The molecular formula is C9H13N7. The summed E-state index contributed by atoms with van der Waals surface area (Å²) in [4.78, 5) is 12.2. The molecule has 0 aliphatic heterocycles. The largest absolute Gasteiger partial charge is 0.368 e. The number of rotatable bonds is 4. The van der Waals surface area contributed by atoms with Crippen LogP contribution in [0, 0.1) is 0 Å². The van der Waals surface area contributed by atoms with Crippen LogP contribution in [0.25, 0.3) is 5.95 Å². The zero-order valence-corrected chi connectivity index (χ0v) is 8.96. The number of nitrogens with two attached hydrogens (primary N) is 1. The van der Waals surface area contributed by atoms with Crippen LogP contribution in [0.2, 0.25) is 0 Å². The molecule has 2 rings (SSSR count). The Labute approximate surface area is 92.7 Å². The molecule has 7 heteroatoms. The third kappa shape index (κ3) is 2.08. The lowest BCUT2D eigenvalue weighted by Crippen LogP contribution is -2.06. The van der Waals surface area contributed by atoms with E-state index in [0.29, 0.717) is 11.9 Å². The molecule has 0 fully saturated rings. The highest BCUT2D eigenvalue weighted by Gasteiger charge is 2.09. The zero-order chi connectivity index (χ0) is 11.4. The highest BCUT2D eigenvalue weighted by atomic mass is 15.5. The molecule has 0 bridgehead atoms. The first-order valence-corrected chi connectivity index (χ1v) is 5.05. The van der Waals surface area contributed by atoms with Gasteiger partial charge in [-0.25, -0.2) is 9.97 Å². The van der Waals surface area contributed by atoms with Crippen molar-refractivity contribution in [2.75, 3.05) is 17.6 Å². The lowest BCUT2D eigenvalue weighted by Gasteiger charge is -1.98. The van der Waals surface area contributed by atoms with Crippen molar-refractivity contribution >= 4 is 11.9 Å². The fraction of sp³-hybridized carbons (Fsp3) is 0.333. The van der Waals surface area contributed by atoms with Crippen molar-refractivity contribution in [3.05, 3.63) is 18.5 Å². The van der Waals surface area contributed by atoms with Crippen molar-refractivity contribution in [2.24, 2.45) is 0 Å².